The number of unbranched alkanes of at least 4 members (excludes halogenated alkanes) is 2. The minimum atomic E-state index is -3.38. The fourth-order valence-corrected chi connectivity index (χ4v) is 3.72. The average molecular weight is 308 g/mol. The lowest BCUT2D eigenvalue weighted by molar-refractivity contribution is 0.477. The van der Waals surface area contributed by atoms with Crippen LogP contribution in [0.25, 0.3) is 0 Å². The Kier molecular flexibility index (Phi) is 5.53. The first-order valence-electron chi connectivity index (χ1n) is 7.21. The van der Waals surface area contributed by atoms with Gasteiger partial charge in [-0.25, -0.2) is 13.4 Å². The maximum atomic E-state index is 12.3. The van der Waals surface area contributed by atoms with Gasteiger partial charge in [0, 0.05) is 32.3 Å². The van der Waals surface area contributed by atoms with E-state index in [0.29, 0.717) is 25.3 Å². The topological polar surface area (TPSA) is 86.1 Å². The molecule has 1 saturated heterocycles. The number of hydrogen-bond donors (Lipinski definition) is 1. The summed E-state index contributed by atoms with van der Waals surface area (Å²) < 4.78 is 26.1. The highest BCUT2D eigenvalue weighted by Gasteiger charge is 2.27. The fourth-order valence-electron chi connectivity index (χ4n) is 2.26. The summed E-state index contributed by atoms with van der Waals surface area (Å²) in [5.41, 5.74) is 0. The van der Waals surface area contributed by atoms with Gasteiger partial charge < -0.3 is 5.32 Å². The molecule has 0 aromatic carbocycles. The van der Waals surface area contributed by atoms with Gasteiger partial charge in [-0.3, -0.25) is 0 Å². The molecule has 0 saturated carbocycles. The average Bonchev–Trinajstić information content (AvgIpc) is 3.02. The van der Waals surface area contributed by atoms with Gasteiger partial charge in [0.2, 0.25) is 10.0 Å². The molecule has 1 aliphatic rings. The molecular weight excluding hydrogens is 288 g/mol. The molecule has 7 heteroatoms. The zero-order chi connectivity index (χ0) is 15.1. The van der Waals surface area contributed by atoms with Gasteiger partial charge in [0.05, 0.1) is 6.07 Å². The van der Waals surface area contributed by atoms with E-state index in [9.17, 15) is 8.42 Å². The second kappa shape index (κ2) is 7.38. The molecule has 1 aliphatic heterocycles. The fraction of sp³-hybridized carbons (Fsp3) is 0.571. The standard InChI is InChI=1S/C14H20N4O2S/c15-8-2-1-3-9-16-14-7-6-13(12-17-14)21(19,20)18-10-4-5-11-18/h6-7,12H,1-5,9-11H2,(H,16,17). The van der Waals surface area contributed by atoms with E-state index in [1.54, 1.807) is 12.1 Å². The number of sulfonamides is 1. The molecule has 0 atom stereocenters. The molecule has 1 fully saturated rings. The Morgan fingerprint density at radius 1 is 1.29 bits per heavy atom. The van der Waals surface area contributed by atoms with Crippen LogP contribution in [0.4, 0.5) is 5.82 Å². The summed E-state index contributed by atoms with van der Waals surface area (Å²) in [6, 6.07) is 5.39. The summed E-state index contributed by atoms with van der Waals surface area (Å²) in [5, 5.41) is 11.6. The molecule has 114 valence electrons. The van der Waals surface area contributed by atoms with Crippen LogP contribution in [0.15, 0.2) is 23.2 Å². The molecule has 6 nitrogen and oxygen atoms in total. The molecule has 1 aromatic heterocycles. The van der Waals surface area contributed by atoms with Crippen molar-refractivity contribution in [3.05, 3.63) is 18.3 Å². The summed E-state index contributed by atoms with van der Waals surface area (Å²) in [5.74, 6) is 0.660. The first-order chi connectivity index (χ1) is 10.1. The predicted molar refractivity (Wildman–Crippen MR) is 80.2 cm³/mol. The van der Waals surface area contributed by atoms with Crippen LogP contribution < -0.4 is 5.32 Å². The summed E-state index contributed by atoms with van der Waals surface area (Å²) in [4.78, 5) is 4.40. The number of nitriles is 1. The Morgan fingerprint density at radius 3 is 2.67 bits per heavy atom. The van der Waals surface area contributed by atoms with Crippen molar-refractivity contribution in [1.29, 1.82) is 5.26 Å². The summed E-state index contributed by atoms with van der Waals surface area (Å²) in [6.07, 6.45) is 5.56. The monoisotopic (exact) mass is 308 g/mol. The Hall–Kier alpha value is -1.65. The normalized spacial score (nSPS) is 15.8. The van der Waals surface area contributed by atoms with Crippen molar-refractivity contribution in [2.24, 2.45) is 0 Å². The van der Waals surface area contributed by atoms with E-state index in [1.807, 2.05) is 0 Å². The highest BCUT2D eigenvalue weighted by atomic mass is 32.2. The summed E-state index contributed by atoms with van der Waals surface area (Å²) >= 11 is 0. The predicted octanol–water partition coefficient (Wildman–Crippen LogP) is 1.97. The van der Waals surface area contributed by atoms with Crippen molar-refractivity contribution in [3.8, 4) is 6.07 Å². The van der Waals surface area contributed by atoms with E-state index in [2.05, 4.69) is 16.4 Å². The maximum Gasteiger partial charge on any atom is 0.244 e. The second-order valence-corrected chi connectivity index (χ2v) is 6.97. The van der Waals surface area contributed by atoms with E-state index >= 15 is 0 Å². The molecule has 1 N–H and O–H groups in total. The van der Waals surface area contributed by atoms with Crippen molar-refractivity contribution in [1.82, 2.24) is 9.29 Å². The highest BCUT2D eigenvalue weighted by molar-refractivity contribution is 7.89. The lowest BCUT2D eigenvalue weighted by atomic mass is 10.2. The third-order valence-corrected chi connectivity index (χ3v) is 5.34. The molecule has 0 aliphatic carbocycles. The number of hydrogen-bond acceptors (Lipinski definition) is 5. The molecule has 0 spiro atoms. The summed E-state index contributed by atoms with van der Waals surface area (Å²) in [6.45, 7) is 1.93. The Morgan fingerprint density at radius 2 is 2.05 bits per heavy atom. The van der Waals surface area contributed by atoms with E-state index in [0.717, 1.165) is 32.2 Å². The third-order valence-electron chi connectivity index (χ3n) is 3.46. The molecule has 21 heavy (non-hydrogen) atoms. The van der Waals surface area contributed by atoms with E-state index < -0.39 is 10.0 Å². The highest BCUT2D eigenvalue weighted by Crippen LogP contribution is 2.20. The van der Waals surface area contributed by atoms with Gasteiger partial charge in [-0.05, 0) is 37.8 Å². The van der Waals surface area contributed by atoms with E-state index in [1.165, 1.54) is 10.5 Å². The Labute approximate surface area is 125 Å². The van der Waals surface area contributed by atoms with Gasteiger partial charge in [-0.2, -0.15) is 9.57 Å². The third kappa shape index (κ3) is 4.16. The van der Waals surface area contributed by atoms with Crippen LogP contribution >= 0.6 is 0 Å². The Bertz CT molecular complexity index is 586. The molecule has 2 heterocycles. The molecular formula is C14H20N4O2S. The van der Waals surface area contributed by atoms with E-state index in [-0.39, 0.29) is 4.90 Å². The van der Waals surface area contributed by atoms with Crippen molar-refractivity contribution < 1.29 is 8.42 Å². The van der Waals surface area contributed by atoms with Crippen LogP contribution in [0.1, 0.15) is 32.1 Å². The molecule has 0 bridgehead atoms. The molecule has 2 rings (SSSR count). The SMILES string of the molecule is N#CCCCCNc1ccc(S(=O)(=O)N2CCCC2)cn1. The number of pyridine rings is 1. The second-order valence-electron chi connectivity index (χ2n) is 5.03. The number of anilines is 1. The number of nitrogens with zero attached hydrogens (tertiary/aromatic N) is 3. The molecule has 0 radical (unpaired) electrons. The minimum Gasteiger partial charge on any atom is -0.370 e. The van der Waals surface area contributed by atoms with Crippen LogP contribution in [0.2, 0.25) is 0 Å². The molecule has 0 amide bonds. The summed E-state index contributed by atoms with van der Waals surface area (Å²) in [7, 11) is -3.38. The van der Waals surface area contributed by atoms with Crippen LogP contribution in [-0.2, 0) is 10.0 Å². The zero-order valence-electron chi connectivity index (χ0n) is 12.0. The van der Waals surface area contributed by atoms with Crippen molar-refractivity contribution in [2.75, 3.05) is 25.0 Å². The van der Waals surface area contributed by atoms with Gasteiger partial charge in [0.25, 0.3) is 0 Å². The molecule has 1 aromatic rings. The molecule has 0 unspecified atom stereocenters. The zero-order valence-corrected chi connectivity index (χ0v) is 12.8. The van der Waals surface area contributed by atoms with Gasteiger partial charge in [-0.15, -0.1) is 0 Å². The van der Waals surface area contributed by atoms with Crippen LogP contribution in [0, 0.1) is 11.3 Å². The number of rotatable bonds is 7. The van der Waals surface area contributed by atoms with Gasteiger partial charge in [-0.1, -0.05) is 0 Å². The van der Waals surface area contributed by atoms with Gasteiger partial charge in [0.15, 0.2) is 0 Å². The van der Waals surface area contributed by atoms with Gasteiger partial charge >= 0.3 is 0 Å². The van der Waals surface area contributed by atoms with Crippen molar-refractivity contribution in [3.63, 3.8) is 0 Å². The first-order valence-corrected chi connectivity index (χ1v) is 8.65. The smallest absolute Gasteiger partial charge is 0.244 e. The van der Waals surface area contributed by atoms with Crippen molar-refractivity contribution in [2.45, 2.75) is 37.0 Å². The first kappa shape index (κ1) is 15.7. The number of nitrogens with one attached hydrogen (secondary N) is 1. The number of aromatic nitrogens is 1. The largest absolute Gasteiger partial charge is 0.370 e. The van der Waals surface area contributed by atoms with E-state index in [4.69, 9.17) is 5.26 Å². The quantitative estimate of drug-likeness (QED) is 0.778. The maximum absolute atomic E-state index is 12.3. The van der Waals surface area contributed by atoms with Gasteiger partial charge in [0.1, 0.15) is 10.7 Å². The van der Waals surface area contributed by atoms with Crippen LogP contribution in [0.3, 0.4) is 0 Å². The van der Waals surface area contributed by atoms with Crippen LogP contribution in [0.5, 0.6) is 0 Å². The minimum absolute atomic E-state index is 0.249. The van der Waals surface area contributed by atoms with Crippen LogP contribution in [-0.4, -0.2) is 37.3 Å². The lowest BCUT2D eigenvalue weighted by Crippen LogP contribution is -2.27. The lowest BCUT2D eigenvalue weighted by Gasteiger charge is -2.15. The van der Waals surface area contributed by atoms with Crippen molar-refractivity contribution >= 4 is 15.8 Å². The Balaban J connectivity index is 1.91.